The summed E-state index contributed by atoms with van der Waals surface area (Å²) in [5.74, 6) is 2.79. The number of amides is 2. The molecule has 0 bridgehead atoms. The molecule has 3 rings (SSSR count). The third kappa shape index (κ3) is 3.84. The summed E-state index contributed by atoms with van der Waals surface area (Å²) in [6, 6.07) is 6.89. The van der Waals surface area contributed by atoms with Crippen molar-refractivity contribution < 1.29 is 9.90 Å². The van der Waals surface area contributed by atoms with Crippen molar-refractivity contribution in [3.8, 4) is 12.3 Å². The van der Waals surface area contributed by atoms with Crippen molar-refractivity contribution >= 4 is 34.1 Å². The Kier molecular flexibility index (Phi) is 5.21. The number of aliphatic hydroxyl groups is 1. The lowest BCUT2D eigenvalue weighted by Gasteiger charge is -2.37. The van der Waals surface area contributed by atoms with Crippen LogP contribution in [0.4, 0.5) is 9.93 Å². The van der Waals surface area contributed by atoms with Gasteiger partial charge in [-0.25, -0.2) is 9.78 Å². The predicted molar refractivity (Wildman–Crippen MR) is 104 cm³/mol. The molecule has 2 heterocycles. The number of halogens is 1. The summed E-state index contributed by atoms with van der Waals surface area (Å²) in [5, 5.41) is 21.1. The molecular formula is C18H19ClN4O2S. The number of urea groups is 1. The van der Waals surface area contributed by atoms with Gasteiger partial charge in [0, 0.05) is 23.5 Å². The number of terminal acetylenes is 1. The molecule has 0 unspecified atom stereocenters. The van der Waals surface area contributed by atoms with Gasteiger partial charge in [0.25, 0.3) is 0 Å². The highest BCUT2D eigenvalue weighted by Gasteiger charge is 2.34. The number of anilines is 1. The second-order valence-electron chi connectivity index (χ2n) is 6.45. The Morgan fingerprint density at radius 1 is 1.50 bits per heavy atom. The van der Waals surface area contributed by atoms with Gasteiger partial charge in [-0.1, -0.05) is 29.7 Å². The molecule has 1 fully saturated rings. The van der Waals surface area contributed by atoms with Crippen LogP contribution in [0, 0.1) is 12.3 Å². The smallest absolute Gasteiger partial charge is 0.321 e. The number of thiazole rings is 1. The van der Waals surface area contributed by atoms with Gasteiger partial charge in [-0.3, -0.25) is 5.32 Å². The van der Waals surface area contributed by atoms with E-state index in [9.17, 15) is 9.90 Å². The second-order valence-corrected chi connectivity index (χ2v) is 7.74. The van der Waals surface area contributed by atoms with Crippen molar-refractivity contribution in [3.05, 3.63) is 45.9 Å². The number of hydrogen-bond donors (Lipinski definition) is 4. The van der Waals surface area contributed by atoms with Gasteiger partial charge in [0.15, 0.2) is 5.13 Å². The SMILES string of the molecule is C#C[C@](C)(c1ccc(Cl)cc1)c1csc(NC(=O)NCC2(O)CNC2)n1. The van der Waals surface area contributed by atoms with E-state index in [1.165, 1.54) is 11.3 Å². The minimum Gasteiger partial charge on any atom is -0.385 e. The van der Waals surface area contributed by atoms with E-state index in [0.29, 0.717) is 28.9 Å². The van der Waals surface area contributed by atoms with Crippen molar-refractivity contribution in [2.24, 2.45) is 0 Å². The first kappa shape index (κ1) is 18.7. The lowest BCUT2D eigenvalue weighted by Crippen LogP contribution is -2.64. The summed E-state index contributed by atoms with van der Waals surface area (Å²) in [6.07, 6.45) is 5.79. The number of carbonyl (C=O) groups excluding carboxylic acids is 1. The van der Waals surface area contributed by atoms with Crippen LogP contribution in [-0.4, -0.2) is 41.4 Å². The molecule has 0 spiro atoms. The van der Waals surface area contributed by atoms with Crippen LogP contribution in [0.5, 0.6) is 0 Å². The van der Waals surface area contributed by atoms with Gasteiger partial charge in [0.2, 0.25) is 0 Å². The van der Waals surface area contributed by atoms with Crippen LogP contribution >= 0.6 is 22.9 Å². The Labute approximate surface area is 161 Å². The largest absolute Gasteiger partial charge is 0.385 e. The van der Waals surface area contributed by atoms with Gasteiger partial charge in [0.1, 0.15) is 5.60 Å². The molecule has 8 heteroatoms. The molecule has 2 aromatic rings. The van der Waals surface area contributed by atoms with E-state index < -0.39 is 17.0 Å². The maximum Gasteiger partial charge on any atom is 0.321 e. The summed E-state index contributed by atoms with van der Waals surface area (Å²) in [7, 11) is 0. The molecule has 1 aliphatic heterocycles. The number of β-amino-alcohol motifs (C(OH)–C–C–N with tert-alkyl or cyclic N) is 1. The first-order valence-electron chi connectivity index (χ1n) is 8.02. The van der Waals surface area contributed by atoms with E-state index in [0.717, 1.165) is 5.56 Å². The van der Waals surface area contributed by atoms with Crippen LogP contribution in [0.15, 0.2) is 29.6 Å². The minimum atomic E-state index is -0.873. The first-order chi connectivity index (χ1) is 12.3. The quantitative estimate of drug-likeness (QED) is 0.589. The molecule has 2 amide bonds. The fraction of sp³-hybridized carbons (Fsp3) is 0.333. The Balaban J connectivity index is 1.68. The van der Waals surface area contributed by atoms with E-state index in [4.69, 9.17) is 18.0 Å². The van der Waals surface area contributed by atoms with E-state index in [-0.39, 0.29) is 6.54 Å². The summed E-state index contributed by atoms with van der Waals surface area (Å²) in [6.45, 7) is 3.01. The molecule has 1 saturated heterocycles. The molecule has 6 nitrogen and oxygen atoms in total. The Hall–Kier alpha value is -2.11. The van der Waals surface area contributed by atoms with Crippen LogP contribution in [0.3, 0.4) is 0 Å². The molecule has 0 saturated carbocycles. The topological polar surface area (TPSA) is 86.3 Å². The standard InChI is InChI=1S/C18H19ClN4O2S/c1-3-17(2,12-4-6-13(19)7-5-12)14-8-26-16(22-14)23-15(24)21-11-18(25)9-20-10-18/h1,4-8,20,25H,9-11H2,2H3,(H2,21,22,23,24)/t17-/m1/s1. The predicted octanol–water partition coefficient (Wildman–Crippen LogP) is 2.19. The number of hydrogen-bond acceptors (Lipinski definition) is 5. The van der Waals surface area contributed by atoms with Gasteiger partial charge in [0.05, 0.1) is 17.7 Å². The second kappa shape index (κ2) is 7.25. The number of aromatic nitrogens is 1. The average molecular weight is 391 g/mol. The molecule has 1 atom stereocenters. The van der Waals surface area contributed by atoms with Gasteiger partial charge in [-0.05, 0) is 24.6 Å². The number of carbonyl (C=O) groups is 1. The van der Waals surface area contributed by atoms with E-state index in [1.54, 1.807) is 12.1 Å². The Bertz CT molecular complexity index is 842. The molecule has 26 heavy (non-hydrogen) atoms. The van der Waals surface area contributed by atoms with E-state index in [2.05, 4.69) is 26.9 Å². The lowest BCUT2D eigenvalue weighted by molar-refractivity contribution is -0.00575. The van der Waals surface area contributed by atoms with Crippen molar-refractivity contribution in [1.82, 2.24) is 15.6 Å². The zero-order valence-electron chi connectivity index (χ0n) is 14.2. The highest BCUT2D eigenvalue weighted by Crippen LogP contribution is 2.33. The first-order valence-corrected chi connectivity index (χ1v) is 9.28. The highest BCUT2D eigenvalue weighted by molar-refractivity contribution is 7.14. The van der Waals surface area contributed by atoms with Crippen LogP contribution < -0.4 is 16.0 Å². The molecule has 1 aromatic heterocycles. The number of nitrogens with one attached hydrogen (secondary N) is 3. The maximum absolute atomic E-state index is 12.0. The molecule has 1 aromatic carbocycles. The fourth-order valence-electron chi connectivity index (χ4n) is 2.57. The zero-order chi connectivity index (χ0) is 18.8. The van der Waals surface area contributed by atoms with Gasteiger partial charge < -0.3 is 15.7 Å². The van der Waals surface area contributed by atoms with Crippen LogP contribution in [0.25, 0.3) is 0 Å². The van der Waals surface area contributed by atoms with Crippen LogP contribution in [0.2, 0.25) is 5.02 Å². The normalized spacial score (nSPS) is 17.5. The molecular weight excluding hydrogens is 372 g/mol. The average Bonchev–Trinajstić information content (AvgIpc) is 3.07. The summed E-state index contributed by atoms with van der Waals surface area (Å²) >= 11 is 7.24. The Morgan fingerprint density at radius 2 is 2.19 bits per heavy atom. The highest BCUT2D eigenvalue weighted by atomic mass is 35.5. The Morgan fingerprint density at radius 3 is 2.77 bits per heavy atom. The van der Waals surface area contributed by atoms with E-state index >= 15 is 0 Å². The molecule has 0 aliphatic carbocycles. The van der Waals surface area contributed by atoms with Crippen molar-refractivity contribution in [1.29, 1.82) is 0 Å². The molecule has 4 N–H and O–H groups in total. The molecule has 0 radical (unpaired) electrons. The summed E-state index contributed by atoms with van der Waals surface area (Å²) in [5.41, 5.74) is -0.0402. The summed E-state index contributed by atoms with van der Waals surface area (Å²) < 4.78 is 0. The van der Waals surface area contributed by atoms with Crippen molar-refractivity contribution in [2.75, 3.05) is 25.0 Å². The third-order valence-corrected chi connectivity index (χ3v) is 5.44. The third-order valence-electron chi connectivity index (χ3n) is 4.43. The van der Waals surface area contributed by atoms with Crippen molar-refractivity contribution in [2.45, 2.75) is 17.9 Å². The number of nitrogens with zero attached hydrogens (tertiary/aromatic N) is 1. The van der Waals surface area contributed by atoms with Crippen molar-refractivity contribution in [3.63, 3.8) is 0 Å². The lowest BCUT2D eigenvalue weighted by atomic mass is 9.81. The van der Waals surface area contributed by atoms with Gasteiger partial charge in [-0.2, -0.15) is 0 Å². The minimum absolute atomic E-state index is 0.177. The molecule has 1 aliphatic rings. The number of benzene rings is 1. The number of rotatable bonds is 5. The monoisotopic (exact) mass is 390 g/mol. The fourth-order valence-corrected chi connectivity index (χ4v) is 3.51. The van der Waals surface area contributed by atoms with Gasteiger partial charge in [-0.15, -0.1) is 17.8 Å². The van der Waals surface area contributed by atoms with Gasteiger partial charge >= 0.3 is 6.03 Å². The van der Waals surface area contributed by atoms with Crippen LogP contribution in [0.1, 0.15) is 18.2 Å². The zero-order valence-corrected chi connectivity index (χ0v) is 15.7. The summed E-state index contributed by atoms with van der Waals surface area (Å²) in [4.78, 5) is 16.5. The maximum atomic E-state index is 12.0. The van der Waals surface area contributed by atoms with Crippen LogP contribution in [-0.2, 0) is 5.41 Å². The molecule has 136 valence electrons. The van der Waals surface area contributed by atoms with E-state index in [1.807, 2.05) is 24.4 Å².